The van der Waals surface area contributed by atoms with Crippen LogP contribution >= 0.6 is 0 Å². The van der Waals surface area contributed by atoms with E-state index in [1.54, 1.807) is 0 Å². The van der Waals surface area contributed by atoms with E-state index in [1.807, 2.05) is 24.5 Å². The Kier molecular flexibility index (Phi) is 5.07. The van der Waals surface area contributed by atoms with Gasteiger partial charge >= 0.3 is 0 Å². The van der Waals surface area contributed by atoms with Crippen molar-refractivity contribution in [1.29, 1.82) is 0 Å². The highest BCUT2D eigenvalue weighted by molar-refractivity contribution is 5.78. The minimum Gasteiger partial charge on any atom is -0.379 e. The molecule has 1 amide bonds. The first kappa shape index (κ1) is 15.5. The molecular formula is C15H25N5O2. The van der Waals surface area contributed by atoms with Gasteiger partial charge in [-0.3, -0.25) is 14.6 Å². The van der Waals surface area contributed by atoms with Crippen molar-refractivity contribution >= 4 is 5.91 Å². The highest BCUT2D eigenvalue weighted by atomic mass is 16.5. The summed E-state index contributed by atoms with van der Waals surface area (Å²) in [7, 11) is 2.02. The first-order chi connectivity index (χ1) is 10.7. The number of piperazine rings is 1. The maximum atomic E-state index is 12.4. The SMILES string of the molecule is Cn1cncc1CN1CCN(C(=O)CN2CCOCC2)CC1. The summed E-state index contributed by atoms with van der Waals surface area (Å²) < 4.78 is 7.37. The van der Waals surface area contributed by atoms with Crippen LogP contribution in [0.1, 0.15) is 5.69 Å². The van der Waals surface area contributed by atoms with Crippen molar-refractivity contribution in [2.45, 2.75) is 6.54 Å². The molecule has 0 bridgehead atoms. The van der Waals surface area contributed by atoms with E-state index < -0.39 is 0 Å². The van der Waals surface area contributed by atoms with Crippen molar-refractivity contribution in [2.24, 2.45) is 7.05 Å². The molecule has 7 nitrogen and oxygen atoms in total. The molecule has 1 aromatic heterocycles. The topological polar surface area (TPSA) is 53.8 Å². The zero-order valence-electron chi connectivity index (χ0n) is 13.3. The number of hydrogen-bond acceptors (Lipinski definition) is 5. The molecule has 122 valence electrons. The van der Waals surface area contributed by atoms with Crippen LogP contribution in [0.3, 0.4) is 0 Å². The Balaban J connectivity index is 1.43. The van der Waals surface area contributed by atoms with Crippen LogP contribution in [0.25, 0.3) is 0 Å². The molecule has 2 saturated heterocycles. The molecule has 7 heteroatoms. The van der Waals surface area contributed by atoms with E-state index in [-0.39, 0.29) is 5.91 Å². The Morgan fingerprint density at radius 2 is 1.86 bits per heavy atom. The van der Waals surface area contributed by atoms with Gasteiger partial charge in [-0.25, -0.2) is 4.98 Å². The third-order valence-corrected chi connectivity index (χ3v) is 4.49. The number of carbonyl (C=O) groups is 1. The molecule has 3 rings (SSSR count). The largest absolute Gasteiger partial charge is 0.379 e. The predicted molar refractivity (Wildman–Crippen MR) is 82.3 cm³/mol. The van der Waals surface area contributed by atoms with Crippen LogP contribution in [0.15, 0.2) is 12.5 Å². The van der Waals surface area contributed by atoms with Gasteiger partial charge in [0, 0.05) is 59.1 Å². The van der Waals surface area contributed by atoms with Crippen LogP contribution < -0.4 is 0 Å². The number of aromatic nitrogens is 2. The zero-order valence-corrected chi connectivity index (χ0v) is 13.3. The van der Waals surface area contributed by atoms with Gasteiger partial charge in [0.25, 0.3) is 0 Å². The van der Waals surface area contributed by atoms with Crippen molar-refractivity contribution in [3.8, 4) is 0 Å². The number of carbonyl (C=O) groups excluding carboxylic acids is 1. The molecule has 2 fully saturated rings. The van der Waals surface area contributed by atoms with Gasteiger partial charge in [0.2, 0.25) is 5.91 Å². The van der Waals surface area contributed by atoms with Gasteiger partial charge in [-0.1, -0.05) is 0 Å². The summed E-state index contributed by atoms with van der Waals surface area (Å²) in [5, 5.41) is 0. The Morgan fingerprint density at radius 1 is 1.14 bits per heavy atom. The van der Waals surface area contributed by atoms with E-state index in [4.69, 9.17) is 4.74 Å². The molecule has 0 aromatic carbocycles. The fourth-order valence-electron chi connectivity index (χ4n) is 2.97. The van der Waals surface area contributed by atoms with E-state index in [0.717, 1.165) is 59.0 Å². The number of aryl methyl sites for hydroxylation is 1. The number of amides is 1. The number of rotatable bonds is 4. The number of ether oxygens (including phenoxy) is 1. The lowest BCUT2D eigenvalue weighted by Crippen LogP contribution is -2.52. The van der Waals surface area contributed by atoms with Gasteiger partial charge in [0.15, 0.2) is 0 Å². The van der Waals surface area contributed by atoms with E-state index in [1.165, 1.54) is 5.69 Å². The van der Waals surface area contributed by atoms with Crippen LogP contribution in [-0.2, 0) is 23.1 Å². The Morgan fingerprint density at radius 3 is 2.50 bits per heavy atom. The third-order valence-electron chi connectivity index (χ3n) is 4.49. The molecule has 0 atom stereocenters. The highest BCUT2D eigenvalue weighted by Crippen LogP contribution is 2.08. The van der Waals surface area contributed by atoms with Crippen LogP contribution in [0.2, 0.25) is 0 Å². The first-order valence-corrected chi connectivity index (χ1v) is 7.98. The minimum absolute atomic E-state index is 0.252. The van der Waals surface area contributed by atoms with E-state index >= 15 is 0 Å². The van der Waals surface area contributed by atoms with Gasteiger partial charge in [-0.05, 0) is 0 Å². The van der Waals surface area contributed by atoms with E-state index in [9.17, 15) is 4.79 Å². The summed E-state index contributed by atoms with van der Waals surface area (Å²) in [6.07, 6.45) is 3.74. The summed E-state index contributed by atoms with van der Waals surface area (Å²) in [5.41, 5.74) is 1.22. The molecule has 0 aliphatic carbocycles. The molecule has 0 N–H and O–H groups in total. The van der Waals surface area contributed by atoms with Crippen LogP contribution in [0.5, 0.6) is 0 Å². The number of imidazole rings is 1. The minimum atomic E-state index is 0.252. The molecule has 22 heavy (non-hydrogen) atoms. The van der Waals surface area contributed by atoms with Crippen molar-refractivity contribution in [2.75, 3.05) is 59.0 Å². The third kappa shape index (κ3) is 3.85. The second kappa shape index (κ2) is 7.21. The van der Waals surface area contributed by atoms with Crippen molar-refractivity contribution in [1.82, 2.24) is 24.3 Å². The molecule has 3 heterocycles. The zero-order chi connectivity index (χ0) is 15.4. The fraction of sp³-hybridized carbons (Fsp3) is 0.733. The van der Waals surface area contributed by atoms with E-state index in [0.29, 0.717) is 6.54 Å². The molecule has 0 radical (unpaired) electrons. The summed E-state index contributed by atoms with van der Waals surface area (Å²) >= 11 is 0. The average Bonchev–Trinajstić information content (AvgIpc) is 2.94. The molecule has 2 aliphatic heterocycles. The van der Waals surface area contributed by atoms with Gasteiger partial charge in [-0.15, -0.1) is 0 Å². The van der Waals surface area contributed by atoms with Crippen molar-refractivity contribution in [3.05, 3.63) is 18.2 Å². The standard InChI is InChI=1S/C15H25N5O2/c1-17-13-16-10-14(17)11-18-2-4-20(5-3-18)15(21)12-19-6-8-22-9-7-19/h10,13H,2-9,11-12H2,1H3. The van der Waals surface area contributed by atoms with E-state index in [2.05, 4.69) is 19.4 Å². The predicted octanol–water partition coefficient (Wildman–Crippen LogP) is -0.603. The van der Waals surface area contributed by atoms with Crippen LogP contribution in [0.4, 0.5) is 0 Å². The summed E-state index contributed by atoms with van der Waals surface area (Å²) in [5.74, 6) is 0.252. The quantitative estimate of drug-likeness (QED) is 0.743. The highest BCUT2D eigenvalue weighted by Gasteiger charge is 2.23. The number of nitrogens with zero attached hydrogens (tertiary/aromatic N) is 5. The Labute approximate surface area is 131 Å². The fourth-order valence-corrected chi connectivity index (χ4v) is 2.97. The molecular weight excluding hydrogens is 282 g/mol. The first-order valence-electron chi connectivity index (χ1n) is 7.98. The average molecular weight is 307 g/mol. The lowest BCUT2D eigenvalue weighted by molar-refractivity contribution is -0.135. The molecule has 0 unspecified atom stereocenters. The lowest BCUT2D eigenvalue weighted by Gasteiger charge is -2.36. The van der Waals surface area contributed by atoms with Gasteiger partial charge in [0.05, 0.1) is 31.8 Å². The maximum Gasteiger partial charge on any atom is 0.236 e. The maximum absolute atomic E-state index is 12.4. The summed E-state index contributed by atoms with van der Waals surface area (Å²) in [6, 6.07) is 0. The molecule has 0 saturated carbocycles. The smallest absolute Gasteiger partial charge is 0.236 e. The van der Waals surface area contributed by atoms with Gasteiger partial charge in [-0.2, -0.15) is 0 Å². The van der Waals surface area contributed by atoms with Crippen LogP contribution in [-0.4, -0.2) is 89.2 Å². The molecule has 0 spiro atoms. The summed E-state index contributed by atoms with van der Waals surface area (Å²) in [4.78, 5) is 23.1. The normalized spacial score (nSPS) is 21.2. The number of hydrogen-bond donors (Lipinski definition) is 0. The molecule has 2 aliphatic rings. The second-order valence-electron chi connectivity index (χ2n) is 6.04. The lowest BCUT2D eigenvalue weighted by atomic mass is 10.2. The second-order valence-corrected chi connectivity index (χ2v) is 6.04. The monoisotopic (exact) mass is 307 g/mol. The molecule has 1 aromatic rings. The van der Waals surface area contributed by atoms with Crippen LogP contribution in [0, 0.1) is 0 Å². The van der Waals surface area contributed by atoms with Crippen molar-refractivity contribution in [3.63, 3.8) is 0 Å². The van der Waals surface area contributed by atoms with Gasteiger partial charge in [0.1, 0.15) is 0 Å². The summed E-state index contributed by atoms with van der Waals surface area (Å²) in [6.45, 7) is 8.16. The van der Waals surface area contributed by atoms with Crippen molar-refractivity contribution < 1.29 is 9.53 Å². The van der Waals surface area contributed by atoms with Gasteiger partial charge < -0.3 is 14.2 Å². The Bertz CT molecular complexity index is 490. The number of morpholine rings is 1. The Hall–Kier alpha value is -1.44.